The van der Waals surface area contributed by atoms with Crippen molar-refractivity contribution < 1.29 is 32.2 Å². The van der Waals surface area contributed by atoms with Crippen molar-refractivity contribution in [3.63, 3.8) is 0 Å². The van der Waals surface area contributed by atoms with E-state index >= 15 is 0 Å². The molecule has 2 aromatic rings. The Hall–Kier alpha value is -2.82. The molecule has 2 N–H and O–H groups in total. The average molecular weight is 403 g/mol. The molecule has 27 heavy (non-hydrogen) atoms. The van der Waals surface area contributed by atoms with Gasteiger partial charge in [0.1, 0.15) is 6.61 Å². The number of alkyl carbamates (subject to hydrolysis) is 1. The molecule has 0 spiro atoms. The number of ether oxygens (including phenoxy) is 2. The van der Waals surface area contributed by atoms with Crippen LogP contribution in [0, 0.1) is 0 Å². The van der Waals surface area contributed by atoms with Gasteiger partial charge in [-0.05, 0) is 12.5 Å². The Morgan fingerprint density at radius 3 is 2.44 bits per heavy atom. The molecule has 0 saturated carbocycles. The SMILES string of the molecule is CCOC(=O)C(NC(=O)OCc1ccccc1)(Nc1nccs1)C(F)(F)F. The molecule has 0 aliphatic rings. The summed E-state index contributed by atoms with van der Waals surface area (Å²) >= 11 is 0.817. The van der Waals surface area contributed by atoms with E-state index in [9.17, 15) is 22.8 Å². The van der Waals surface area contributed by atoms with Gasteiger partial charge in [0.05, 0.1) is 6.61 Å². The van der Waals surface area contributed by atoms with E-state index in [2.05, 4.69) is 9.72 Å². The van der Waals surface area contributed by atoms with E-state index in [0.717, 1.165) is 11.3 Å². The first-order valence-corrected chi connectivity index (χ1v) is 8.57. The lowest BCUT2D eigenvalue weighted by molar-refractivity contribution is -0.205. The number of aromatic nitrogens is 1. The lowest BCUT2D eigenvalue weighted by Gasteiger charge is -2.33. The van der Waals surface area contributed by atoms with E-state index in [-0.39, 0.29) is 18.3 Å². The molecule has 0 aliphatic carbocycles. The van der Waals surface area contributed by atoms with Crippen LogP contribution in [0.4, 0.5) is 23.1 Å². The zero-order valence-electron chi connectivity index (χ0n) is 14.1. The number of halogens is 3. The van der Waals surface area contributed by atoms with Gasteiger partial charge in [-0.15, -0.1) is 11.3 Å². The van der Waals surface area contributed by atoms with Crippen LogP contribution in [0.1, 0.15) is 12.5 Å². The standard InChI is InChI=1S/C16H16F3N3O4S/c1-2-25-12(23)15(16(17,18)19,21-13-20-8-9-27-13)22-14(24)26-10-11-6-4-3-5-7-11/h3-9H,2,10H2,1H3,(H,20,21)(H,22,24). The molecule has 1 unspecified atom stereocenters. The first-order valence-electron chi connectivity index (χ1n) is 7.69. The minimum atomic E-state index is -5.24. The van der Waals surface area contributed by atoms with Crippen LogP contribution < -0.4 is 10.6 Å². The normalized spacial score (nSPS) is 13.3. The Kier molecular flexibility index (Phi) is 6.61. The van der Waals surface area contributed by atoms with E-state index in [1.807, 2.05) is 5.32 Å². The summed E-state index contributed by atoms with van der Waals surface area (Å²) in [6.45, 7) is 0.744. The molecule has 7 nitrogen and oxygen atoms in total. The number of carbonyl (C=O) groups excluding carboxylic acids is 2. The second kappa shape index (κ2) is 8.71. The number of anilines is 1. The van der Waals surface area contributed by atoms with Gasteiger partial charge in [-0.25, -0.2) is 14.6 Å². The minimum absolute atomic E-state index is 0.233. The largest absolute Gasteiger partial charge is 0.463 e. The fraction of sp³-hybridized carbons (Fsp3) is 0.312. The molecular formula is C16H16F3N3O4S. The van der Waals surface area contributed by atoms with Crippen LogP contribution in [0.2, 0.25) is 0 Å². The highest BCUT2D eigenvalue weighted by Crippen LogP contribution is 2.33. The summed E-state index contributed by atoms with van der Waals surface area (Å²) < 4.78 is 50.8. The van der Waals surface area contributed by atoms with E-state index in [4.69, 9.17) is 4.74 Å². The van der Waals surface area contributed by atoms with E-state index in [1.54, 1.807) is 35.6 Å². The maximum atomic E-state index is 13.8. The lowest BCUT2D eigenvalue weighted by Crippen LogP contribution is -2.69. The molecule has 1 heterocycles. The number of hydrogen-bond donors (Lipinski definition) is 2. The number of amides is 1. The predicted molar refractivity (Wildman–Crippen MR) is 90.9 cm³/mol. The summed E-state index contributed by atoms with van der Waals surface area (Å²) in [5.41, 5.74) is -2.98. The lowest BCUT2D eigenvalue weighted by atomic mass is 10.1. The van der Waals surface area contributed by atoms with Crippen LogP contribution in [0.3, 0.4) is 0 Å². The van der Waals surface area contributed by atoms with Gasteiger partial charge in [0.2, 0.25) is 0 Å². The highest BCUT2D eigenvalue weighted by atomic mass is 32.1. The van der Waals surface area contributed by atoms with Gasteiger partial charge in [-0.2, -0.15) is 13.2 Å². The molecular weight excluding hydrogens is 387 g/mol. The third-order valence-electron chi connectivity index (χ3n) is 3.24. The molecule has 1 amide bonds. The smallest absolute Gasteiger partial charge is 0.442 e. The summed E-state index contributed by atoms with van der Waals surface area (Å²) in [6, 6.07) is 8.35. The van der Waals surface area contributed by atoms with Crippen molar-refractivity contribution in [1.82, 2.24) is 10.3 Å². The molecule has 1 aromatic carbocycles. The Morgan fingerprint density at radius 1 is 1.19 bits per heavy atom. The highest BCUT2D eigenvalue weighted by molar-refractivity contribution is 7.13. The number of benzene rings is 1. The van der Waals surface area contributed by atoms with Crippen LogP contribution >= 0.6 is 11.3 Å². The van der Waals surface area contributed by atoms with Gasteiger partial charge in [0, 0.05) is 11.6 Å². The maximum Gasteiger partial charge on any atom is 0.442 e. The molecule has 0 aliphatic heterocycles. The van der Waals surface area contributed by atoms with Crippen molar-refractivity contribution >= 4 is 28.5 Å². The third kappa shape index (κ3) is 5.09. The molecule has 2 rings (SSSR count). The molecule has 1 atom stereocenters. The maximum absolute atomic E-state index is 13.8. The van der Waals surface area contributed by atoms with E-state index in [0.29, 0.717) is 5.56 Å². The Labute approximate surface area is 156 Å². The second-order valence-corrected chi connectivity index (χ2v) is 6.01. The molecule has 1 aromatic heterocycles. The van der Waals surface area contributed by atoms with Gasteiger partial charge < -0.3 is 14.8 Å². The van der Waals surface area contributed by atoms with E-state index < -0.39 is 23.9 Å². The molecule has 11 heteroatoms. The van der Waals surface area contributed by atoms with Crippen LogP contribution in [0.5, 0.6) is 0 Å². The van der Waals surface area contributed by atoms with Crippen LogP contribution in [0.25, 0.3) is 0 Å². The van der Waals surface area contributed by atoms with Crippen molar-refractivity contribution in [2.45, 2.75) is 25.4 Å². The Balaban J connectivity index is 2.24. The van der Waals surface area contributed by atoms with Crippen LogP contribution in [-0.2, 0) is 20.9 Å². The second-order valence-electron chi connectivity index (χ2n) is 5.12. The number of hydrogen-bond acceptors (Lipinski definition) is 7. The number of nitrogens with zero attached hydrogens (tertiary/aromatic N) is 1. The van der Waals surface area contributed by atoms with Crippen molar-refractivity contribution in [1.29, 1.82) is 0 Å². The molecule has 146 valence electrons. The predicted octanol–water partition coefficient (Wildman–Crippen LogP) is 3.30. The first kappa shape index (κ1) is 20.5. The van der Waals surface area contributed by atoms with Gasteiger partial charge in [0.15, 0.2) is 5.13 Å². The summed E-state index contributed by atoms with van der Waals surface area (Å²) in [4.78, 5) is 27.8. The third-order valence-corrected chi connectivity index (χ3v) is 3.92. The van der Waals surface area contributed by atoms with Gasteiger partial charge in [-0.1, -0.05) is 30.3 Å². The summed E-state index contributed by atoms with van der Waals surface area (Å²) in [5, 5.41) is 4.65. The zero-order valence-corrected chi connectivity index (χ0v) is 14.9. The monoisotopic (exact) mass is 403 g/mol. The average Bonchev–Trinajstić information content (AvgIpc) is 3.12. The minimum Gasteiger partial charge on any atom is -0.463 e. The number of alkyl halides is 3. The van der Waals surface area contributed by atoms with Crippen molar-refractivity contribution in [2.24, 2.45) is 0 Å². The van der Waals surface area contributed by atoms with Crippen LogP contribution in [0.15, 0.2) is 41.9 Å². The fourth-order valence-corrected chi connectivity index (χ4v) is 2.57. The molecule has 0 saturated heterocycles. The highest BCUT2D eigenvalue weighted by Gasteiger charge is 2.64. The molecule has 0 bridgehead atoms. The van der Waals surface area contributed by atoms with Crippen molar-refractivity contribution in [3.05, 3.63) is 47.5 Å². The topological polar surface area (TPSA) is 89.5 Å². The summed E-state index contributed by atoms with van der Waals surface area (Å²) in [7, 11) is 0. The number of nitrogens with one attached hydrogen (secondary N) is 2. The number of thiazole rings is 1. The van der Waals surface area contributed by atoms with Crippen molar-refractivity contribution in [3.8, 4) is 0 Å². The number of rotatable bonds is 7. The van der Waals surface area contributed by atoms with Gasteiger partial charge in [-0.3, -0.25) is 5.32 Å². The Morgan fingerprint density at radius 2 is 1.89 bits per heavy atom. The zero-order chi connectivity index (χ0) is 19.9. The quantitative estimate of drug-likeness (QED) is 0.545. The fourth-order valence-electron chi connectivity index (χ4n) is 1.99. The Bertz CT molecular complexity index is 756. The first-order chi connectivity index (χ1) is 12.8. The van der Waals surface area contributed by atoms with Crippen molar-refractivity contribution in [2.75, 3.05) is 11.9 Å². The van der Waals surface area contributed by atoms with Crippen LogP contribution in [-0.4, -0.2) is 35.5 Å². The van der Waals surface area contributed by atoms with Gasteiger partial charge >= 0.3 is 23.9 Å². The molecule has 0 fully saturated rings. The van der Waals surface area contributed by atoms with Gasteiger partial charge in [0.25, 0.3) is 0 Å². The number of carbonyl (C=O) groups is 2. The summed E-state index contributed by atoms with van der Waals surface area (Å²) in [5.74, 6) is -1.73. The van der Waals surface area contributed by atoms with E-state index in [1.165, 1.54) is 18.5 Å². The molecule has 0 radical (unpaired) electrons. The number of esters is 1. The summed E-state index contributed by atoms with van der Waals surface area (Å²) in [6.07, 6.45) is -5.45.